The van der Waals surface area contributed by atoms with Crippen LogP contribution < -0.4 is 5.32 Å². The standard InChI is InChI=1S/C11H20N2OS2/c1-11(2)3-4-13(5-6-16-11)10(14)9-7-15-8-12-9/h9,12H,3-8H2,1-2H3. The lowest BCUT2D eigenvalue weighted by Gasteiger charge is -2.24. The van der Waals surface area contributed by atoms with E-state index in [4.69, 9.17) is 0 Å². The molecule has 1 N–H and O–H groups in total. The number of hydrogen-bond donors (Lipinski definition) is 1. The van der Waals surface area contributed by atoms with Gasteiger partial charge in [0.15, 0.2) is 0 Å². The highest BCUT2D eigenvalue weighted by molar-refractivity contribution is 8.00. The molecule has 92 valence electrons. The minimum atomic E-state index is 0.0659. The van der Waals surface area contributed by atoms with Crippen LogP contribution in [0.4, 0.5) is 0 Å². The molecule has 0 saturated carbocycles. The molecular weight excluding hydrogens is 240 g/mol. The van der Waals surface area contributed by atoms with E-state index in [1.807, 2.05) is 28.4 Å². The third-order valence-corrected chi connectivity index (χ3v) is 5.48. The second-order valence-corrected chi connectivity index (χ2v) is 7.79. The van der Waals surface area contributed by atoms with Crippen LogP contribution in [0.1, 0.15) is 20.3 Å². The largest absolute Gasteiger partial charge is 0.340 e. The van der Waals surface area contributed by atoms with Gasteiger partial charge in [0.25, 0.3) is 0 Å². The van der Waals surface area contributed by atoms with Gasteiger partial charge in [0, 0.05) is 35.2 Å². The number of thioether (sulfide) groups is 2. The molecule has 5 heteroatoms. The van der Waals surface area contributed by atoms with Gasteiger partial charge in [-0.1, -0.05) is 13.8 Å². The minimum Gasteiger partial charge on any atom is -0.340 e. The SMILES string of the molecule is CC1(C)CCN(C(=O)C2CSCN2)CCS1. The highest BCUT2D eigenvalue weighted by Crippen LogP contribution is 2.31. The summed E-state index contributed by atoms with van der Waals surface area (Å²) in [5, 5.41) is 3.26. The summed E-state index contributed by atoms with van der Waals surface area (Å²) in [5.74, 6) is 3.23. The molecule has 2 aliphatic rings. The van der Waals surface area contributed by atoms with E-state index in [-0.39, 0.29) is 6.04 Å². The summed E-state index contributed by atoms with van der Waals surface area (Å²) < 4.78 is 0.326. The monoisotopic (exact) mass is 260 g/mol. The van der Waals surface area contributed by atoms with Crippen LogP contribution >= 0.6 is 23.5 Å². The molecule has 2 saturated heterocycles. The number of nitrogens with zero attached hydrogens (tertiary/aromatic N) is 1. The highest BCUT2D eigenvalue weighted by atomic mass is 32.2. The Morgan fingerprint density at radius 2 is 2.25 bits per heavy atom. The van der Waals surface area contributed by atoms with Crippen LogP contribution in [0.15, 0.2) is 0 Å². The summed E-state index contributed by atoms with van der Waals surface area (Å²) in [7, 11) is 0. The van der Waals surface area contributed by atoms with Gasteiger partial charge < -0.3 is 4.90 Å². The molecule has 3 nitrogen and oxygen atoms in total. The molecular formula is C11H20N2OS2. The maximum Gasteiger partial charge on any atom is 0.240 e. The Bertz CT molecular complexity index is 265. The average Bonchev–Trinajstić information content (AvgIpc) is 2.69. The van der Waals surface area contributed by atoms with Gasteiger partial charge in [-0.2, -0.15) is 11.8 Å². The van der Waals surface area contributed by atoms with E-state index >= 15 is 0 Å². The lowest BCUT2D eigenvalue weighted by molar-refractivity contribution is -0.132. The fraction of sp³-hybridized carbons (Fsp3) is 0.909. The summed E-state index contributed by atoms with van der Waals surface area (Å²) in [6, 6.07) is 0.0659. The summed E-state index contributed by atoms with van der Waals surface area (Å²) in [5.41, 5.74) is 0. The fourth-order valence-corrected chi connectivity index (χ4v) is 4.05. The molecule has 1 unspecified atom stereocenters. The molecule has 0 bridgehead atoms. The topological polar surface area (TPSA) is 32.3 Å². The molecule has 1 amide bonds. The number of amides is 1. The van der Waals surface area contributed by atoms with Crippen molar-refractivity contribution >= 4 is 29.4 Å². The number of carbonyl (C=O) groups excluding carboxylic acids is 1. The van der Waals surface area contributed by atoms with Crippen LogP contribution in [0, 0.1) is 0 Å². The van der Waals surface area contributed by atoms with Crippen LogP contribution in [0.2, 0.25) is 0 Å². The van der Waals surface area contributed by atoms with Gasteiger partial charge in [0.1, 0.15) is 0 Å². The van der Waals surface area contributed by atoms with Gasteiger partial charge in [-0.25, -0.2) is 0 Å². The van der Waals surface area contributed by atoms with E-state index in [2.05, 4.69) is 19.2 Å². The summed E-state index contributed by atoms with van der Waals surface area (Å²) in [6.45, 7) is 6.38. The summed E-state index contributed by atoms with van der Waals surface area (Å²) in [6.07, 6.45) is 1.10. The Kier molecular flexibility index (Phi) is 4.08. The Labute approximate surface area is 106 Å². The molecule has 0 aromatic carbocycles. The maximum atomic E-state index is 12.2. The highest BCUT2D eigenvalue weighted by Gasteiger charge is 2.30. The smallest absolute Gasteiger partial charge is 0.240 e. The first kappa shape index (κ1) is 12.6. The molecule has 2 rings (SSSR count). The number of rotatable bonds is 1. The second-order valence-electron chi connectivity index (χ2n) is 4.96. The number of carbonyl (C=O) groups is 1. The molecule has 2 aliphatic heterocycles. The van der Waals surface area contributed by atoms with Gasteiger partial charge in [0.05, 0.1) is 6.04 Å². The second kappa shape index (κ2) is 5.19. The van der Waals surface area contributed by atoms with Crippen LogP contribution in [-0.4, -0.2) is 52.1 Å². The summed E-state index contributed by atoms with van der Waals surface area (Å²) in [4.78, 5) is 14.3. The van der Waals surface area contributed by atoms with Crippen LogP contribution in [-0.2, 0) is 4.79 Å². The number of hydrogen-bond acceptors (Lipinski definition) is 4. The van der Waals surface area contributed by atoms with Gasteiger partial charge in [-0.05, 0) is 6.42 Å². The third-order valence-electron chi connectivity index (χ3n) is 3.16. The lowest BCUT2D eigenvalue weighted by atomic mass is 10.1. The fourth-order valence-electron chi connectivity index (χ4n) is 2.01. The minimum absolute atomic E-state index is 0.0659. The van der Waals surface area contributed by atoms with Crippen molar-refractivity contribution in [3.05, 3.63) is 0 Å². The maximum absolute atomic E-state index is 12.2. The van der Waals surface area contributed by atoms with Crippen molar-refractivity contribution in [3.8, 4) is 0 Å². The first-order chi connectivity index (χ1) is 7.58. The van der Waals surface area contributed by atoms with Crippen molar-refractivity contribution in [3.63, 3.8) is 0 Å². The normalized spacial score (nSPS) is 30.1. The zero-order valence-electron chi connectivity index (χ0n) is 9.99. The first-order valence-corrected chi connectivity index (χ1v) is 7.96. The first-order valence-electron chi connectivity index (χ1n) is 5.82. The quantitative estimate of drug-likeness (QED) is 0.772. The van der Waals surface area contributed by atoms with Crippen LogP contribution in [0.5, 0.6) is 0 Å². The van der Waals surface area contributed by atoms with E-state index in [1.54, 1.807) is 0 Å². The van der Waals surface area contributed by atoms with Gasteiger partial charge in [-0.15, -0.1) is 11.8 Å². The van der Waals surface area contributed by atoms with E-state index in [9.17, 15) is 4.79 Å². The van der Waals surface area contributed by atoms with E-state index < -0.39 is 0 Å². The molecule has 16 heavy (non-hydrogen) atoms. The van der Waals surface area contributed by atoms with E-state index in [0.29, 0.717) is 10.7 Å². The predicted molar refractivity (Wildman–Crippen MR) is 72.0 cm³/mol. The Balaban J connectivity index is 1.91. The predicted octanol–water partition coefficient (Wildman–Crippen LogP) is 1.39. The zero-order chi connectivity index (χ0) is 11.6. The van der Waals surface area contributed by atoms with Gasteiger partial charge in [-0.3, -0.25) is 10.1 Å². The van der Waals surface area contributed by atoms with Crippen molar-refractivity contribution in [1.82, 2.24) is 10.2 Å². The molecule has 0 spiro atoms. The molecule has 0 aromatic rings. The summed E-state index contributed by atoms with van der Waals surface area (Å²) >= 11 is 3.80. The van der Waals surface area contributed by atoms with Crippen molar-refractivity contribution in [2.75, 3.05) is 30.5 Å². The Morgan fingerprint density at radius 1 is 1.44 bits per heavy atom. The lowest BCUT2D eigenvalue weighted by Crippen LogP contribution is -2.45. The number of nitrogens with one attached hydrogen (secondary N) is 1. The average molecular weight is 260 g/mol. The Morgan fingerprint density at radius 3 is 2.94 bits per heavy atom. The van der Waals surface area contributed by atoms with Crippen molar-refractivity contribution in [2.24, 2.45) is 0 Å². The molecule has 2 fully saturated rings. The molecule has 1 atom stereocenters. The van der Waals surface area contributed by atoms with Crippen molar-refractivity contribution in [1.29, 1.82) is 0 Å². The Hall–Kier alpha value is 0.130. The van der Waals surface area contributed by atoms with Crippen molar-refractivity contribution in [2.45, 2.75) is 31.1 Å². The van der Waals surface area contributed by atoms with Crippen LogP contribution in [0.25, 0.3) is 0 Å². The molecule has 2 heterocycles. The van der Waals surface area contributed by atoms with Gasteiger partial charge >= 0.3 is 0 Å². The molecule has 0 aliphatic carbocycles. The van der Waals surface area contributed by atoms with Gasteiger partial charge in [0.2, 0.25) is 5.91 Å². The third kappa shape index (κ3) is 3.08. The van der Waals surface area contributed by atoms with E-state index in [1.165, 1.54) is 0 Å². The van der Waals surface area contributed by atoms with Crippen molar-refractivity contribution < 1.29 is 4.79 Å². The zero-order valence-corrected chi connectivity index (χ0v) is 11.6. The molecule has 0 radical (unpaired) electrons. The van der Waals surface area contributed by atoms with E-state index in [0.717, 1.165) is 36.9 Å². The van der Waals surface area contributed by atoms with Crippen LogP contribution in [0.3, 0.4) is 0 Å². The molecule has 0 aromatic heterocycles.